The second-order valence-electron chi connectivity index (χ2n) is 6.73. The maximum Gasteiger partial charge on any atom is 0.265 e. The van der Waals surface area contributed by atoms with Gasteiger partial charge in [0, 0.05) is 6.07 Å². The van der Waals surface area contributed by atoms with Crippen LogP contribution in [0.5, 0.6) is 5.75 Å². The summed E-state index contributed by atoms with van der Waals surface area (Å²) >= 11 is 0. The number of benzene rings is 3. The van der Waals surface area contributed by atoms with Crippen LogP contribution in [0.4, 0.5) is 10.1 Å². The zero-order chi connectivity index (χ0) is 21.1. The molecule has 1 N–H and O–H groups in total. The number of amides is 1. The molecular weight excluding hydrogens is 385 g/mol. The number of nitrogens with one attached hydrogen (secondary N) is 1. The van der Waals surface area contributed by atoms with Crippen LogP contribution in [0.2, 0.25) is 0 Å². The molecule has 4 rings (SSSR count). The molecule has 0 saturated carbocycles. The normalized spacial score (nSPS) is 11.8. The fourth-order valence-electron chi connectivity index (χ4n) is 3.05. The molecule has 1 amide bonds. The predicted octanol–water partition coefficient (Wildman–Crippen LogP) is 5.01. The molecule has 0 radical (unpaired) electrons. The van der Waals surface area contributed by atoms with E-state index in [1.165, 1.54) is 24.5 Å². The van der Waals surface area contributed by atoms with Crippen LogP contribution in [0.25, 0.3) is 22.1 Å². The molecule has 6 heteroatoms. The largest absolute Gasteiger partial charge is 0.481 e. The van der Waals surface area contributed by atoms with E-state index in [-0.39, 0.29) is 11.1 Å². The van der Waals surface area contributed by atoms with E-state index >= 15 is 0 Å². The standard InChI is InChI=1S/C24H18FNO4/c1-15(24(28)26-21-10-6-5-9-20(21)25)30-17-11-12-18-22(13-17)29-14-19(23(18)27)16-7-3-2-4-8-16/h2-15H,1H3,(H,26,28)/t15-/m0/s1. The molecule has 0 bridgehead atoms. The first-order valence-corrected chi connectivity index (χ1v) is 9.36. The molecule has 4 aromatic rings. The molecule has 0 fully saturated rings. The van der Waals surface area contributed by atoms with Crippen LogP contribution in [0.1, 0.15) is 6.92 Å². The second-order valence-corrected chi connectivity index (χ2v) is 6.73. The number of ether oxygens (including phenoxy) is 1. The zero-order valence-corrected chi connectivity index (χ0v) is 16.1. The van der Waals surface area contributed by atoms with Gasteiger partial charge in [-0.05, 0) is 36.8 Å². The van der Waals surface area contributed by atoms with Gasteiger partial charge in [-0.2, -0.15) is 0 Å². The Morgan fingerprint density at radius 2 is 1.77 bits per heavy atom. The molecule has 0 saturated heterocycles. The Balaban J connectivity index is 1.54. The number of fused-ring (bicyclic) bond motifs is 1. The van der Waals surface area contributed by atoms with Crippen molar-refractivity contribution < 1.29 is 18.3 Å². The lowest BCUT2D eigenvalue weighted by molar-refractivity contribution is -0.122. The highest BCUT2D eigenvalue weighted by atomic mass is 19.1. The summed E-state index contributed by atoms with van der Waals surface area (Å²) in [6, 6.07) is 19.9. The number of hydrogen-bond donors (Lipinski definition) is 1. The molecule has 30 heavy (non-hydrogen) atoms. The van der Waals surface area contributed by atoms with Crippen LogP contribution in [-0.4, -0.2) is 12.0 Å². The lowest BCUT2D eigenvalue weighted by Crippen LogP contribution is -2.30. The quantitative estimate of drug-likeness (QED) is 0.509. The van der Waals surface area contributed by atoms with Gasteiger partial charge in [-0.1, -0.05) is 42.5 Å². The van der Waals surface area contributed by atoms with Gasteiger partial charge in [0.05, 0.1) is 16.6 Å². The molecule has 1 heterocycles. The first-order valence-electron chi connectivity index (χ1n) is 9.36. The minimum absolute atomic E-state index is 0.0795. The number of carbonyl (C=O) groups is 1. The van der Waals surface area contributed by atoms with E-state index in [1.54, 1.807) is 31.2 Å². The average molecular weight is 403 g/mol. The Morgan fingerprint density at radius 1 is 1.03 bits per heavy atom. The molecule has 0 aliphatic heterocycles. The van der Waals surface area contributed by atoms with Gasteiger partial charge in [0.1, 0.15) is 23.4 Å². The monoisotopic (exact) mass is 403 g/mol. The summed E-state index contributed by atoms with van der Waals surface area (Å²) in [5.41, 5.74) is 1.51. The van der Waals surface area contributed by atoms with E-state index in [0.717, 1.165) is 5.56 Å². The molecule has 1 atom stereocenters. The second kappa shape index (κ2) is 8.21. The number of halogens is 1. The lowest BCUT2D eigenvalue weighted by atomic mass is 10.1. The topological polar surface area (TPSA) is 68.5 Å². The van der Waals surface area contributed by atoms with Gasteiger partial charge >= 0.3 is 0 Å². The summed E-state index contributed by atoms with van der Waals surface area (Å²) in [6.07, 6.45) is 0.523. The zero-order valence-electron chi connectivity index (χ0n) is 16.1. The van der Waals surface area contributed by atoms with E-state index in [0.29, 0.717) is 22.3 Å². The Bertz CT molecular complexity index is 1270. The summed E-state index contributed by atoms with van der Waals surface area (Å²) in [7, 11) is 0. The third kappa shape index (κ3) is 3.93. The van der Waals surface area contributed by atoms with Gasteiger partial charge in [-0.15, -0.1) is 0 Å². The van der Waals surface area contributed by atoms with Crippen LogP contribution in [-0.2, 0) is 4.79 Å². The van der Waals surface area contributed by atoms with Gasteiger partial charge in [-0.3, -0.25) is 9.59 Å². The van der Waals surface area contributed by atoms with Crippen molar-refractivity contribution in [1.82, 2.24) is 0 Å². The van der Waals surface area contributed by atoms with Gasteiger partial charge in [-0.25, -0.2) is 4.39 Å². The van der Waals surface area contributed by atoms with Crippen molar-refractivity contribution in [1.29, 1.82) is 0 Å². The highest BCUT2D eigenvalue weighted by molar-refractivity contribution is 5.94. The number of carbonyl (C=O) groups excluding carboxylic acids is 1. The molecule has 0 aliphatic rings. The summed E-state index contributed by atoms with van der Waals surface area (Å²) in [6.45, 7) is 1.55. The Labute approximate surface area is 171 Å². The number of rotatable bonds is 5. The fraction of sp³-hybridized carbons (Fsp3) is 0.0833. The highest BCUT2D eigenvalue weighted by Crippen LogP contribution is 2.24. The summed E-state index contributed by atoms with van der Waals surface area (Å²) < 4.78 is 25.0. The summed E-state index contributed by atoms with van der Waals surface area (Å²) in [5, 5.41) is 2.90. The van der Waals surface area contributed by atoms with Crippen LogP contribution in [0.15, 0.2) is 88.3 Å². The Kier molecular flexibility index (Phi) is 5.30. The lowest BCUT2D eigenvalue weighted by Gasteiger charge is -2.15. The van der Waals surface area contributed by atoms with Crippen LogP contribution >= 0.6 is 0 Å². The van der Waals surface area contributed by atoms with E-state index in [4.69, 9.17) is 9.15 Å². The highest BCUT2D eigenvalue weighted by Gasteiger charge is 2.17. The van der Waals surface area contributed by atoms with E-state index in [1.807, 2.05) is 30.3 Å². The third-order valence-electron chi connectivity index (χ3n) is 4.64. The summed E-state index contributed by atoms with van der Waals surface area (Å²) in [4.78, 5) is 25.1. The fourth-order valence-corrected chi connectivity index (χ4v) is 3.05. The van der Waals surface area contributed by atoms with Crippen LogP contribution in [0, 0.1) is 5.82 Å². The maximum atomic E-state index is 13.7. The summed E-state index contributed by atoms with van der Waals surface area (Å²) in [5.74, 6) is -0.671. The molecular formula is C24H18FNO4. The van der Waals surface area contributed by atoms with Gasteiger partial charge in [0.15, 0.2) is 11.5 Å². The smallest absolute Gasteiger partial charge is 0.265 e. The van der Waals surface area contributed by atoms with Crippen LogP contribution < -0.4 is 15.5 Å². The minimum atomic E-state index is -0.891. The number of anilines is 1. The van der Waals surface area contributed by atoms with Crippen molar-refractivity contribution >= 4 is 22.6 Å². The number of hydrogen-bond acceptors (Lipinski definition) is 4. The molecule has 3 aromatic carbocycles. The van der Waals surface area contributed by atoms with Crippen LogP contribution in [0.3, 0.4) is 0 Å². The first kappa shape index (κ1) is 19.4. The molecule has 150 valence electrons. The van der Waals surface area contributed by atoms with Gasteiger partial charge < -0.3 is 14.5 Å². The van der Waals surface area contributed by atoms with Crippen molar-refractivity contribution in [2.24, 2.45) is 0 Å². The molecule has 0 aliphatic carbocycles. The van der Waals surface area contributed by atoms with E-state index in [2.05, 4.69) is 5.32 Å². The van der Waals surface area contributed by atoms with Crippen molar-refractivity contribution in [3.8, 4) is 16.9 Å². The average Bonchev–Trinajstić information content (AvgIpc) is 2.76. The van der Waals surface area contributed by atoms with Crippen molar-refractivity contribution in [3.63, 3.8) is 0 Å². The van der Waals surface area contributed by atoms with Crippen molar-refractivity contribution in [3.05, 3.63) is 95.1 Å². The Morgan fingerprint density at radius 3 is 2.53 bits per heavy atom. The van der Waals surface area contributed by atoms with Crippen molar-refractivity contribution in [2.75, 3.05) is 5.32 Å². The molecule has 0 unspecified atom stereocenters. The van der Waals surface area contributed by atoms with E-state index in [9.17, 15) is 14.0 Å². The predicted molar refractivity (Wildman–Crippen MR) is 113 cm³/mol. The maximum absolute atomic E-state index is 13.7. The first-order chi connectivity index (χ1) is 14.5. The molecule has 5 nitrogen and oxygen atoms in total. The van der Waals surface area contributed by atoms with Crippen molar-refractivity contribution in [2.45, 2.75) is 13.0 Å². The van der Waals surface area contributed by atoms with E-state index < -0.39 is 17.8 Å². The molecule has 1 aromatic heterocycles. The minimum Gasteiger partial charge on any atom is -0.481 e. The third-order valence-corrected chi connectivity index (χ3v) is 4.64. The van der Waals surface area contributed by atoms with Gasteiger partial charge in [0.25, 0.3) is 5.91 Å². The Hall–Kier alpha value is -3.93. The number of para-hydroxylation sites is 1. The van der Waals surface area contributed by atoms with Gasteiger partial charge in [0.2, 0.25) is 0 Å². The SMILES string of the molecule is C[C@H](Oc1ccc2c(=O)c(-c3ccccc3)coc2c1)C(=O)Nc1ccccc1F. The molecule has 0 spiro atoms.